The highest BCUT2D eigenvalue weighted by Gasteiger charge is 2.02. The van der Waals surface area contributed by atoms with Crippen molar-refractivity contribution in [1.82, 2.24) is 0 Å². The van der Waals surface area contributed by atoms with Gasteiger partial charge in [-0.1, -0.05) is 42.5 Å². The fourth-order valence-corrected chi connectivity index (χ4v) is 2.06. The van der Waals surface area contributed by atoms with Gasteiger partial charge in [0.05, 0.1) is 0 Å². The highest BCUT2D eigenvalue weighted by molar-refractivity contribution is 5.93. The molecule has 0 fully saturated rings. The van der Waals surface area contributed by atoms with Crippen molar-refractivity contribution < 1.29 is 5.11 Å². The van der Waals surface area contributed by atoms with Crippen LogP contribution < -0.4 is 5.43 Å². The van der Waals surface area contributed by atoms with Crippen LogP contribution in [0.25, 0.3) is 21.5 Å². The summed E-state index contributed by atoms with van der Waals surface area (Å²) in [5, 5.41) is 12.4. The van der Waals surface area contributed by atoms with E-state index in [4.69, 9.17) is 0 Å². The first-order valence-electron chi connectivity index (χ1n) is 5.40. The maximum absolute atomic E-state index is 12.3. The molecule has 0 amide bonds. The summed E-state index contributed by atoms with van der Waals surface area (Å²) in [4.78, 5) is 12.3. The number of fused-ring (bicyclic) bond motifs is 2. The second kappa shape index (κ2) is 3.59. The van der Waals surface area contributed by atoms with E-state index in [0.717, 1.165) is 10.8 Å². The van der Waals surface area contributed by atoms with Crippen molar-refractivity contribution >= 4 is 21.5 Å². The third-order valence-electron chi connectivity index (χ3n) is 2.93. The largest absolute Gasteiger partial charge is 0.508 e. The summed E-state index contributed by atoms with van der Waals surface area (Å²) in [5.74, 6) is 0.116. The topological polar surface area (TPSA) is 37.3 Å². The van der Waals surface area contributed by atoms with Crippen molar-refractivity contribution in [2.45, 2.75) is 0 Å². The molecule has 0 bridgehead atoms. The average molecular weight is 222 g/mol. The molecule has 0 aromatic heterocycles. The van der Waals surface area contributed by atoms with E-state index in [1.54, 1.807) is 18.2 Å². The van der Waals surface area contributed by atoms with Crippen LogP contribution in [-0.4, -0.2) is 5.11 Å². The minimum atomic E-state index is -0.0449. The van der Waals surface area contributed by atoms with Gasteiger partial charge in [-0.3, -0.25) is 4.79 Å². The molecule has 1 N–H and O–H groups in total. The van der Waals surface area contributed by atoms with Crippen molar-refractivity contribution in [3.05, 3.63) is 64.8 Å². The van der Waals surface area contributed by atoms with Crippen molar-refractivity contribution in [3.63, 3.8) is 0 Å². The zero-order valence-corrected chi connectivity index (χ0v) is 9.05. The summed E-state index contributed by atoms with van der Waals surface area (Å²) < 4.78 is 0. The normalized spacial score (nSPS) is 10.8. The molecule has 82 valence electrons. The van der Waals surface area contributed by atoms with E-state index in [1.807, 2.05) is 30.3 Å². The van der Waals surface area contributed by atoms with Crippen molar-refractivity contribution in [2.75, 3.05) is 0 Å². The second-order valence-corrected chi connectivity index (χ2v) is 4.02. The van der Waals surface area contributed by atoms with E-state index in [2.05, 4.69) is 0 Å². The Hall–Kier alpha value is -2.35. The number of phenolic OH excluding ortho intramolecular Hbond substituents is 1. The van der Waals surface area contributed by atoms with Crippen LogP contribution in [0, 0.1) is 0 Å². The lowest BCUT2D eigenvalue weighted by molar-refractivity contribution is 0.476. The standard InChI is InChI=1S/C15H10O2/c16-12-8-7-11-6-5-10-3-1-2-4-13(10)15(17)14(11)9-12/h1-9,16H. The average Bonchev–Trinajstić information content (AvgIpc) is 2.49. The van der Waals surface area contributed by atoms with Crippen LogP contribution in [0.4, 0.5) is 0 Å². The Kier molecular flexibility index (Phi) is 2.08. The van der Waals surface area contributed by atoms with Gasteiger partial charge in [0.25, 0.3) is 0 Å². The fraction of sp³-hybridized carbons (Fsp3) is 0. The number of benzene rings is 2. The molecule has 0 heterocycles. The van der Waals surface area contributed by atoms with Crippen molar-refractivity contribution in [2.24, 2.45) is 0 Å². The summed E-state index contributed by atoms with van der Waals surface area (Å²) in [6, 6.07) is 16.2. The van der Waals surface area contributed by atoms with Gasteiger partial charge in [0.15, 0.2) is 5.43 Å². The van der Waals surface area contributed by atoms with Gasteiger partial charge in [-0.15, -0.1) is 0 Å². The van der Waals surface area contributed by atoms with Gasteiger partial charge < -0.3 is 5.11 Å². The minimum absolute atomic E-state index is 0.0449. The lowest BCUT2D eigenvalue weighted by atomic mass is 10.1. The van der Waals surface area contributed by atoms with Gasteiger partial charge in [-0.25, -0.2) is 0 Å². The number of rotatable bonds is 0. The van der Waals surface area contributed by atoms with Crippen LogP contribution in [0.3, 0.4) is 0 Å². The first-order chi connectivity index (χ1) is 8.25. The molecule has 2 heteroatoms. The van der Waals surface area contributed by atoms with Crippen LogP contribution in [0.2, 0.25) is 0 Å². The molecule has 0 saturated heterocycles. The van der Waals surface area contributed by atoms with Gasteiger partial charge in [0.2, 0.25) is 0 Å². The number of aromatic hydroxyl groups is 1. The summed E-state index contributed by atoms with van der Waals surface area (Å²) in [7, 11) is 0. The molecular weight excluding hydrogens is 212 g/mol. The number of phenols is 1. The molecule has 0 aliphatic rings. The van der Waals surface area contributed by atoms with E-state index in [0.29, 0.717) is 10.8 Å². The molecule has 0 unspecified atom stereocenters. The molecule has 2 nitrogen and oxygen atoms in total. The first kappa shape index (κ1) is 9.85. The maximum atomic E-state index is 12.3. The van der Waals surface area contributed by atoms with Gasteiger partial charge >= 0.3 is 0 Å². The Morgan fingerprint density at radius 3 is 2.24 bits per heavy atom. The van der Waals surface area contributed by atoms with E-state index < -0.39 is 0 Å². The molecular formula is C15H10O2. The quantitative estimate of drug-likeness (QED) is 0.634. The second-order valence-electron chi connectivity index (χ2n) is 4.02. The van der Waals surface area contributed by atoms with Crippen LogP contribution in [0.1, 0.15) is 0 Å². The zero-order chi connectivity index (χ0) is 11.8. The molecule has 3 aromatic rings. The summed E-state index contributed by atoms with van der Waals surface area (Å²) in [6.45, 7) is 0. The third kappa shape index (κ3) is 1.54. The Bertz CT molecular complexity index is 776. The molecule has 3 aromatic carbocycles. The third-order valence-corrected chi connectivity index (χ3v) is 2.93. The van der Waals surface area contributed by atoms with Gasteiger partial charge in [-0.2, -0.15) is 0 Å². The molecule has 0 radical (unpaired) electrons. The monoisotopic (exact) mass is 222 g/mol. The van der Waals surface area contributed by atoms with E-state index in [-0.39, 0.29) is 11.2 Å². The molecule has 0 spiro atoms. The fourth-order valence-electron chi connectivity index (χ4n) is 2.06. The Balaban J connectivity index is 2.65. The van der Waals surface area contributed by atoms with Crippen LogP contribution in [-0.2, 0) is 0 Å². The van der Waals surface area contributed by atoms with Crippen molar-refractivity contribution in [1.29, 1.82) is 0 Å². The smallest absolute Gasteiger partial charge is 0.194 e. The predicted molar refractivity (Wildman–Crippen MR) is 69.4 cm³/mol. The van der Waals surface area contributed by atoms with Gasteiger partial charge in [0.1, 0.15) is 5.75 Å². The van der Waals surface area contributed by atoms with E-state index in [9.17, 15) is 9.90 Å². The molecule has 17 heavy (non-hydrogen) atoms. The Labute approximate surface area is 97.8 Å². The van der Waals surface area contributed by atoms with Crippen LogP contribution in [0.5, 0.6) is 5.75 Å². The predicted octanol–water partition coefficient (Wildman–Crippen LogP) is 3.06. The molecule has 0 saturated carbocycles. The van der Waals surface area contributed by atoms with Crippen LogP contribution in [0.15, 0.2) is 59.4 Å². The molecule has 0 aliphatic carbocycles. The summed E-state index contributed by atoms with van der Waals surface area (Å²) in [6.07, 6.45) is 0. The highest BCUT2D eigenvalue weighted by atomic mass is 16.3. The molecule has 3 rings (SSSR count). The highest BCUT2D eigenvalue weighted by Crippen LogP contribution is 2.19. The van der Waals surface area contributed by atoms with E-state index in [1.165, 1.54) is 6.07 Å². The lowest BCUT2D eigenvalue weighted by Crippen LogP contribution is -1.97. The van der Waals surface area contributed by atoms with Gasteiger partial charge in [-0.05, 0) is 22.9 Å². The molecule has 0 aliphatic heterocycles. The Morgan fingerprint density at radius 1 is 0.765 bits per heavy atom. The van der Waals surface area contributed by atoms with Crippen LogP contribution >= 0.6 is 0 Å². The number of hydrogen-bond donors (Lipinski definition) is 1. The summed E-state index contributed by atoms with van der Waals surface area (Å²) >= 11 is 0. The van der Waals surface area contributed by atoms with Crippen molar-refractivity contribution in [3.8, 4) is 5.75 Å². The maximum Gasteiger partial charge on any atom is 0.194 e. The van der Waals surface area contributed by atoms with Gasteiger partial charge in [0, 0.05) is 10.8 Å². The van der Waals surface area contributed by atoms with E-state index >= 15 is 0 Å². The SMILES string of the molecule is O=c1c2ccccc2ccc2ccc(O)cc12. The minimum Gasteiger partial charge on any atom is -0.508 e. The zero-order valence-electron chi connectivity index (χ0n) is 9.05. The number of hydrogen-bond acceptors (Lipinski definition) is 2. The Morgan fingerprint density at radius 2 is 1.41 bits per heavy atom. The summed E-state index contributed by atoms with van der Waals surface area (Å²) in [5.41, 5.74) is -0.0449. The molecule has 0 atom stereocenters. The first-order valence-corrected chi connectivity index (χ1v) is 5.40. The lowest BCUT2D eigenvalue weighted by Gasteiger charge is -1.93.